The van der Waals surface area contributed by atoms with Gasteiger partial charge in [0.2, 0.25) is 5.60 Å². The minimum Gasteiger partial charge on any atom is -0.475 e. The topological polar surface area (TPSA) is 166 Å². The monoisotopic (exact) mass is 498 g/mol. The second-order valence-corrected chi connectivity index (χ2v) is 7.60. The van der Waals surface area contributed by atoms with E-state index in [0.29, 0.717) is 40.0 Å². The maximum atomic E-state index is 12.1. The molecule has 0 aliphatic carbocycles. The first kappa shape index (κ1) is 25.9. The average Bonchev–Trinajstić information content (AvgIpc) is 3.10. The summed E-state index contributed by atoms with van der Waals surface area (Å²) in [4.78, 5) is 35.2. The predicted molar refractivity (Wildman–Crippen MR) is 120 cm³/mol. The number of nitriles is 1. The number of nitrogens with two attached hydrogens (primary N) is 1. The van der Waals surface area contributed by atoms with Gasteiger partial charge in [-0.25, -0.2) is 19.7 Å². The summed E-state index contributed by atoms with van der Waals surface area (Å²) in [6.07, 6.45) is -1.87. The summed E-state index contributed by atoms with van der Waals surface area (Å²) in [5.41, 5.74) is 6.30. The first-order chi connectivity index (χ1) is 16.9. The SMILES string of the molecule is CN1CC[C@@](O)(C#Cc2cccc(-c3ncc4c(C#N)cnc(N)c4n3)c2)C1=O.O=C(O)C(F)(F)F. The van der Waals surface area contributed by atoms with Crippen molar-refractivity contribution in [2.45, 2.75) is 18.2 Å². The Balaban J connectivity index is 0.000000454. The zero-order valence-corrected chi connectivity index (χ0v) is 18.5. The molecule has 13 heteroatoms. The van der Waals surface area contributed by atoms with Gasteiger partial charge in [-0.3, -0.25) is 4.79 Å². The number of halogens is 3. The number of alkyl halides is 3. The Labute approximate surface area is 201 Å². The highest BCUT2D eigenvalue weighted by Gasteiger charge is 2.42. The number of carboxylic acid groups (broad SMARTS) is 1. The lowest BCUT2D eigenvalue weighted by molar-refractivity contribution is -0.192. The fourth-order valence-electron chi connectivity index (χ4n) is 3.15. The molecule has 4 N–H and O–H groups in total. The maximum absolute atomic E-state index is 12.1. The number of likely N-dealkylation sites (N-methyl/N-ethyl adjacent to an activating group) is 1. The Morgan fingerprint density at radius 3 is 2.56 bits per heavy atom. The van der Waals surface area contributed by atoms with Crippen molar-refractivity contribution in [3.8, 4) is 29.3 Å². The van der Waals surface area contributed by atoms with Gasteiger partial charge in [0.15, 0.2) is 5.82 Å². The van der Waals surface area contributed by atoms with E-state index in [1.54, 1.807) is 31.4 Å². The molecule has 1 atom stereocenters. The summed E-state index contributed by atoms with van der Waals surface area (Å²) in [6, 6.07) is 9.18. The lowest BCUT2D eigenvalue weighted by Crippen LogP contribution is -2.37. The van der Waals surface area contributed by atoms with Gasteiger partial charge in [0, 0.05) is 48.9 Å². The van der Waals surface area contributed by atoms with E-state index in [1.807, 2.05) is 12.1 Å². The minimum absolute atomic E-state index is 0.213. The summed E-state index contributed by atoms with van der Waals surface area (Å²) in [5.74, 6) is 3.03. The molecule has 3 aromatic rings. The number of pyridine rings is 1. The van der Waals surface area contributed by atoms with E-state index in [1.165, 1.54) is 11.1 Å². The highest BCUT2D eigenvalue weighted by molar-refractivity contribution is 5.92. The standard InChI is InChI=1S/C21H16N6O2.C2HF3O2/c1-27-8-7-21(29,20(27)28)6-5-13-3-2-4-14(9-13)19-25-12-16-15(10-22)11-24-18(23)17(16)26-19;3-2(4,5)1(6)7/h2-4,9,11-12,29H,7-8H2,1H3,(H2,23,24);(H,6,7)/t21-;/m0./s1. The Kier molecular flexibility index (Phi) is 7.08. The molecule has 1 saturated heterocycles. The van der Waals surface area contributed by atoms with Crippen LogP contribution in [0.1, 0.15) is 17.5 Å². The third-order valence-electron chi connectivity index (χ3n) is 5.06. The third-order valence-corrected chi connectivity index (χ3v) is 5.06. The molecule has 1 aromatic carbocycles. The lowest BCUT2D eigenvalue weighted by atomic mass is 10.0. The van der Waals surface area contributed by atoms with E-state index in [2.05, 4.69) is 26.8 Å². The quantitative estimate of drug-likeness (QED) is 0.423. The van der Waals surface area contributed by atoms with Crippen LogP contribution >= 0.6 is 0 Å². The zero-order valence-electron chi connectivity index (χ0n) is 18.5. The van der Waals surface area contributed by atoms with E-state index in [9.17, 15) is 28.3 Å². The molecule has 184 valence electrons. The Morgan fingerprint density at radius 2 is 1.97 bits per heavy atom. The van der Waals surface area contributed by atoms with Gasteiger partial charge >= 0.3 is 12.1 Å². The molecule has 1 amide bonds. The molecule has 1 aliphatic rings. The first-order valence-electron chi connectivity index (χ1n) is 10.1. The fourth-order valence-corrected chi connectivity index (χ4v) is 3.15. The van der Waals surface area contributed by atoms with Crippen LogP contribution in [-0.4, -0.2) is 67.3 Å². The number of benzene rings is 1. The van der Waals surface area contributed by atoms with Crippen LogP contribution in [0.15, 0.2) is 36.7 Å². The van der Waals surface area contributed by atoms with Gasteiger partial charge < -0.3 is 20.8 Å². The number of nitrogen functional groups attached to an aromatic ring is 1. The molecule has 10 nitrogen and oxygen atoms in total. The summed E-state index contributed by atoms with van der Waals surface area (Å²) < 4.78 is 31.7. The smallest absolute Gasteiger partial charge is 0.475 e. The van der Waals surface area contributed by atoms with Crippen molar-refractivity contribution < 1.29 is 33.0 Å². The highest BCUT2D eigenvalue weighted by atomic mass is 19.4. The number of hydrogen-bond donors (Lipinski definition) is 3. The van der Waals surface area contributed by atoms with E-state index in [-0.39, 0.29) is 12.2 Å². The van der Waals surface area contributed by atoms with Gasteiger partial charge in [-0.1, -0.05) is 24.0 Å². The summed E-state index contributed by atoms with van der Waals surface area (Å²) >= 11 is 0. The highest BCUT2D eigenvalue weighted by Crippen LogP contribution is 2.24. The first-order valence-corrected chi connectivity index (χ1v) is 10.1. The molecule has 0 spiro atoms. The Bertz CT molecular complexity index is 1460. The molecule has 2 aromatic heterocycles. The number of amides is 1. The van der Waals surface area contributed by atoms with E-state index >= 15 is 0 Å². The van der Waals surface area contributed by atoms with Gasteiger partial charge in [0.1, 0.15) is 17.4 Å². The average molecular weight is 498 g/mol. The molecule has 0 saturated carbocycles. The van der Waals surface area contributed by atoms with Crippen molar-refractivity contribution in [3.63, 3.8) is 0 Å². The van der Waals surface area contributed by atoms with Gasteiger partial charge in [-0.15, -0.1) is 0 Å². The van der Waals surface area contributed by atoms with Gasteiger partial charge in [-0.05, 0) is 12.1 Å². The Hall–Kier alpha value is -4.75. The third kappa shape index (κ3) is 5.48. The van der Waals surface area contributed by atoms with E-state index in [4.69, 9.17) is 15.6 Å². The number of hydrogen-bond acceptors (Lipinski definition) is 8. The number of carbonyl (C=O) groups is 2. The van der Waals surface area contributed by atoms with Crippen molar-refractivity contribution in [2.75, 3.05) is 19.3 Å². The van der Waals surface area contributed by atoms with Crippen molar-refractivity contribution in [1.29, 1.82) is 5.26 Å². The molecule has 0 bridgehead atoms. The number of fused-ring (bicyclic) bond motifs is 1. The maximum Gasteiger partial charge on any atom is 0.490 e. The second-order valence-electron chi connectivity index (χ2n) is 7.60. The van der Waals surface area contributed by atoms with Crippen molar-refractivity contribution >= 4 is 28.6 Å². The summed E-state index contributed by atoms with van der Waals surface area (Å²) in [6.45, 7) is 0.467. The van der Waals surface area contributed by atoms with Crippen LogP contribution in [0.25, 0.3) is 22.3 Å². The van der Waals surface area contributed by atoms with Crippen molar-refractivity contribution in [3.05, 3.63) is 47.8 Å². The number of aliphatic hydroxyl groups is 1. The van der Waals surface area contributed by atoms with E-state index in [0.717, 1.165) is 0 Å². The minimum atomic E-state index is -5.08. The number of rotatable bonds is 1. The number of aromatic nitrogens is 3. The van der Waals surface area contributed by atoms with Crippen LogP contribution in [0.3, 0.4) is 0 Å². The molecule has 1 fully saturated rings. The normalized spacial score (nSPS) is 17.0. The molecule has 0 radical (unpaired) electrons. The number of aliphatic carboxylic acids is 1. The fraction of sp³-hybridized carbons (Fsp3) is 0.217. The van der Waals surface area contributed by atoms with Crippen LogP contribution < -0.4 is 5.73 Å². The molecule has 3 heterocycles. The van der Waals surface area contributed by atoms with E-state index < -0.39 is 23.7 Å². The number of carboxylic acids is 1. The summed E-state index contributed by atoms with van der Waals surface area (Å²) in [7, 11) is 1.64. The number of likely N-dealkylation sites (tertiary alicyclic amines) is 1. The summed E-state index contributed by atoms with van der Waals surface area (Å²) in [5, 5.41) is 27.3. The van der Waals surface area contributed by atoms with Crippen molar-refractivity contribution in [1.82, 2.24) is 19.9 Å². The van der Waals surface area contributed by atoms with Gasteiger partial charge in [-0.2, -0.15) is 18.4 Å². The van der Waals surface area contributed by atoms with Gasteiger partial charge in [0.25, 0.3) is 5.91 Å². The van der Waals surface area contributed by atoms with Crippen LogP contribution in [0.2, 0.25) is 0 Å². The van der Waals surface area contributed by atoms with Crippen LogP contribution in [0.5, 0.6) is 0 Å². The largest absolute Gasteiger partial charge is 0.490 e. The number of anilines is 1. The molecule has 1 aliphatic heterocycles. The van der Waals surface area contributed by atoms with Crippen LogP contribution in [-0.2, 0) is 9.59 Å². The van der Waals surface area contributed by atoms with Crippen LogP contribution in [0.4, 0.5) is 19.0 Å². The second kappa shape index (κ2) is 9.85. The number of carbonyl (C=O) groups excluding carboxylic acids is 1. The number of nitrogens with zero attached hydrogens (tertiary/aromatic N) is 5. The molecule has 4 rings (SSSR count). The zero-order chi connectivity index (χ0) is 26.7. The Morgan fingerprint density at radius 1 is 1.28 bits per heavy atom. The molecular weight excluding hydrogens is 481 g/mol. The molecular formula is C23H17F3N6O4. The van der Waals surface area contributed by atoms with Gasteiger partial charge in [0.05, 0.1) is 5.56 Å². The predicted octanol–water partition coefficient (Wildman–Crippen LogP) is 1.72. The molecule has 36 heavy (non-hydrogen) atoms. The van der Waals surface area contributed by atoms with Crippen LogP contribution in [0, 0.1) is 23.2 Å². The lowest BCUT2D eigenvalue weighted by Gasteiger charge is -2.13. The molecule has 0 unspecified atom stereocenters. The van der Waals surface area contributed by atoms with Crippen molar-refractivity contribution in [2.24, 2.45) is 0 Å².